The number of benzene rings is 1. The summed E-state index contributed by atoms with van der Waals surface area (Å²) in [4.78, 5) is 0. The van der Waals surface area contributed by atoms with Crippen LogP contribution in [0.1, 0.15) is 38.7 Å². The van der Waals surface area contributed by atoms with Gasteiger partial charge in [0.05, 0.1) is 12.7 Å². The van der Waals surface area contributed by atoms with Gasteiger partial charge in [0.1, 0.15) is 0 Å². The Morgan fingerprint density at radius 1 is 1.39 bits per heavy atom. The molecule has 1 aliphatic carbocycles. The first-order valence-electron chi connectivity index (χ1n) is 6.62. The van der Waals surface area contributed by atoms with E-state index in [0.29, 0.717) is 12.7 Å². The van der Waals surface area contributed by atoms with Gasteiger partial charge in [-0.2, -0.15) is 0 Å². The maximum Gasteiger partial charge on any atom is 0.0721 e. The Bertz CT molecular complexity index is 403. The van der Waals surface area contributed by atoms with E-state index in [9.17, 15) is 0 Å². The molecular formula is C15H20BrClO. The lowest BCUT2D eigenvalue weighted by Crippen LogP contribution is -2.55. The smallest absolute Gasteiger partial charge is 0.0721 e. The molecule has 3 heteroatoms. The summed E-state index contributed by atoms with van der Waals surface area (Å²) in [5, 5.41) is 0.278. The molecule has 1 fully saturated rings. The van der Waals surface area contributed by atoms with Gasteiger partial charge in [-0.05, 0) is 37.0 Å². The SMILES string of the molecule is CCC1(CC)C(Cl)CC1OCc1cccc(Br)c1. The Morgan fingerprint density at radius 2 is 2.11 bits per heavy atom. The molecular weight excluding hydrogens is 312 g/mol. The molecule has 0 N–H and O–H groups in total. The van der Waals surface area contributed by atoms with Gasteiger partial charge in [-0.1, -0.05) is 41.9 Å². The van der Waals surface area contributed by atoms with Gasteiger partial charge in [-0.3, -0.25) is 0 Å². The highest BCUT2D eigenvalue weighted by Gasteiger charge is 2.52. The van der Waals surface area contributed by atoms with Gasteiger partial charge in [0.15, 0.2) is 0 Å². The summed E-state index contributed by atoms with van der Waals surface area (Å²) in [5.41, 5.74) is 1.40. The molecule has 0 bridgehead atoms. The molecule has 0 radical (unpaired) electrons. The van der Waals surface area contributed by atoms with Crippen LogP contribution in [-0.2, 0) is 11.3 Å². The Labute approximate surface area is 123 Å². The fourth-order valence-electron chi connectivity index (χ4n) is 2.90. The molecule has 1 aromatic rings. The van der Waals surface area contributed by atoms with Gasteiger partial charge in [-0.15, -0.1) is 11.6 Å². The van der Waals surface area contributed by atoms with E-state index in [0.717, 1.165) is 23.7 Å². The molecule has 100 valence electrons. The second-order valence-electron chi connectivity index (χ2n) is 5.07. The van der Waals surface area contributed by atoms with Crippen molar-refractivity contribution in [1.82, 2.24) is 0 Å². The first kappa shape index (κ1) is 14.4. The third kappa shape index (κ3) is 2.61. The normalized spacial score (nSPS) is 25.8. The number of halogens is 2. The van der Waals surface area contributed by atoms with Crippen molar-refractivity contribution >= 4 is 27.5 Å². The molecule has 2 rings (SSSR count). The van der Waals surface area contributed by atoms with Crippen LogP contribution in [0, 0.1) is 5.41 Å². The van der Waals surface area contributed by atoms with Crippen molar-refractivity contribution in [3.05, 3.63) is 34.3 Å². The van der Waals surface area contributed by atoms with Gasteiger partial charge in [-0.25, -0.2) is 0 Å². The van der Waals surface area contributed by atoms with Gasteiger partial charge < -0.3 is 4.74 Å². The average molecular weight is 332 g/mol. The molecule has 0 amide bonds. The number of alkyl halides is 1. The van der Waals surface area contributed by atoms with E-state index < -0.39 is 0 Å². The van der Waals surface area contributed by atoms with E-state index in [2.05, 4.69) is 41.9 Å². The van der Waals surface area contributed by atoms with Crippen molar-refractivity contribution < 1.29 is 4.74 Å². The summed E-state index contributed by atoms with van der Waals surface area (Å²) in [6.45, 7) is 5.11. The van der Waals surface area contributed by atoms with Crippen LogP contribution in [0.3, 0.4) is 0 Å². The van der Waals surface area contributed by atoms with E-state index in [1.54, 1.807) is 0 Å². The van der Waals surface area contributed by atoms with Crippen LogP contribution in [0.4, 0.5) is 0 Å². The van der Waals surface area contributed by atoms with Crippen LogP contribution in [0.15, 0.2) is 28.7 Å². The van der Waals surface area contributed by atoms with Crippen LogP contribution in [0.5, 0.6) is 0 Å². The molecule has 0 aromatic heterocycles. The maximum absolute atomic E-state index is 6.39. The number of ether oxygens (including phenoxy) is 1. The molecule has 1 saturated carbocycles. The number of rotatable bonds is 5. The van der Waals surface area contributed by atoms with Gasteiger partial charge in [0.2, 0.25) is 0 Å². The molecule has 0 saturated heterocycles. The molecule has 1 aromatic carbocycles. The van der Waals surface area contributed by atoms with Gasteiger partial charge in [0.25, 0.3) is 0 Å². The van der Waals surface area contributed by atoms with Crippen molar-refractivity contribution in [2.45, 2.75) is 51.2 Å². The highest BCUT2D eigenvalue weighted by molar-refractivity contribution is 9.10. The molecule has 2 unspecified atom stereocenters. The van der Waals surface area contributed by atoms with E-state index in [1.165, 1.54) is 5.56 Å². The van der Waals surface area contributed by atoms with E-state index in [-0.39, 0.29) is 10.8 Å². The minimum Gasteiger partial charge on any atom is -0.373 e. The van der Waals surface area contributed by atoms with Crippen LogP contribution in [0.2, 0.25) is 0 Å². The minimum atomic E-state index is 0.188. The highest BCUT2D eigenvalue weighted by Crippen LogP contribution is 2.52. The van der Waals surface area contributed by atoms with E-state index in [1.807, 2.05) is 12.1 Å². The van der Waals surface area contributed by atoms with Crippen LogP contribution in [-0.4, -0.2) is 11.5 Å². The molecule has 1 aliphatic rings. The predicted molar refractivity (Wildman–Crippen MR) is 80.0 cm³/mol. The summed E-state index contributed by atoms with van der Waals surface area (Å²) in [7, 11) is 0. The second-order valence-corrected chi connectivity index (χ2v) is 6.52. The maximum atomic E-state index is 6.39. The number of hydrogen-bond donors (Lipinski definition) is 0. The first-order chi connectivity index (χ1) is 8.62. The van der Waals surface area contributed by atoms with Crippen molar-refractivity contribution in [2.75, 3.05) is 0 Å². The Kier molecular flexibility index (Phi) is 4.74. The van der Waals surface area contributed by atoms with E-state index in [4.69, 9.17) is 16.3 Å². The Hall–Kier alpha value is -0.0500. The summed E-state index contributed by atoms with van der Waals surface area (Å²) in [6.07, 6.45) is 3.49. The lowest BCUT2D eigenvalue weighted by molar-refractivity contribution is -0.119. The van der Waals surface area contributed by atoms with Crippen LogP contribution < -0.4 is 0 Å². The molecule has 18 heavy (non-hydrogen) atoms. The standard InChI is InChI=1S/C15H20BrClO/c1-3-15(4-2)13(17)9-14(15)18-10-11-6-5-7-12(16)8-11/h5-8,13-14H,3-4,9-10H2,1-2H3. The quantitative estimate of drug-likeness (QED) is 0.678. The third-order valence-electron chi connectivity index (χ3n) is 4.34. The fourth-order valence-corrected chi connectivity index (χ4v) is 3.96. The third-order valence-corrected chi connectivity index (χ3v) is 5.45. The lowest BCUT2D eigenvalue weighted by atomic mass is 9.62. The van der Waals surface area contributed by atoms with Crippen molar-refractivity contribution in [1.29, 1.82) is 0 Å². The zero-order valence-electron chi connectivity index (χ0n) is 11.0. The summed E-state index contributed by atoms with van der Waals surface area (Å²) in [5.74, 6) is 0. The molecule has 0 heterocycles. The zero-order valence-corrected chi connectivity index (χ0v) is 13.3. The molecule has 0 aliphatic heterocycles. The monoisotopic (exact) mass is 330 g/mol. The zero-order chi connectivity index (χ0) is 13.2. The molecule has 2 atom stereocenters. The first-order valence-corrected chi connectivity index (χ1v) is 7.85. The van der Waals surface area contributed by atoms with Crippen LogP contribution in [0.25, 0.3) is 0 Å². The largest absolute Gasteiger partial charge is 0.373 e. The fraction of sp³-hybridized carbons (Fsp3) is 0.600. The van der Waals surface area contributed by atoms with Crippen molar-refractivity contribution in [2.24, 2.45) is 5.41 Å². The topological polar surface area (TPSA) is 9.23 Å². The lowest BCUT2D eigenvalue weighted by Gasteiger charge is -2.52. The molecule has 1 nitrogen and oxygen atoms in total. The molecule has 0 spiro atoms. The summed E-state index contributed by atoms with van der Waals surface area (Å²) >= 11 is 9.87. The number of hydrogen-bond acceptors (Lipinski definition) is 1. The minimum absolute atomic E-state index is 0.188. The van der Waals surface area contributed by atoms with Gasteiger partial charge in [0, 0.05) is 15.3 Å². The van der Waals surface area contributed by atoms with Gasteiger partial charge >= 0.3 is 0 Å². The Morgan fingerprint density at radius 3 is 2.67 bits per heavy atom. The summed E-state index contributed by atoms with van der Waals surface area (Å²) < 4.78 is 7.18. The van der Waals surface area contributed by atoms with Crippen LogP contribution >= 0.6 is 27.5 Å². The van der Waals surface area contributed by atoms with E-state index >= 15 is 0 Å². The van der Waals surface area contributed by atoms with Crippen molar-refractivity contribution in [3.8, 4) is 0 Å². The summed E-state index contributed by atoms with van der Waals surface area (Å²) in [6, 6.07) is 8.28. The Balaban J connectivity index is 1.95. The van der Waals surface area contributed by atoms with Crippen molar-refractivity contribution in [3.63, 3.8) is 0 Å². The predicted octanol–water partition coefficient (Wildman–Crippen LogP) is 5.15. The highest BCUT2D eigenvalue weighted by atomic mass is 79.9. The average Bonchev–Trinajstić information content (AvgIpc) is 2.36. The second kappa shape index (κ2) is 5.94.